The second-order valence-electron chi connectivity index (χ2n) is 15.4. The number of carbonyl (C=O) groups excluding carboxylic acids is 3. The summed E-state index contributed by atoms with van der Waals surface area (Å²) in [6.45, 7) is 16.2. The van der Waals surface area contributed by atoms with E-state index in [2.05, 4.69) is 49.6 Å². The molecule has 0 N–H and O–H groups in total. The lowest BCUT2D eigenvalue weighted by atomic mass is 9.85. The number of likely N-dealkylation sites (tertiary alicyclic amines) is 3. The van der Waals surface area contributed by atoms with Gasteiger partial charge < -0.3 is 14.7 Å². The van der Waals surface area contributed by atoms with Gasteiger partial charge in [0.1, 0.15) is 6.04 Å². The van der Waals surface area contributed by atoms with Crippen LogP contribution in [0.15, 0.2) is 24.3 Å². The fourth-order valence-electron chi connectivity index (χ4n) is 8.16. The Morgan fingerprint density at radius 3 is 2.09 bits per heavy atom. The number of amides is 3. The van der Waals surface area contributed by atoms with E-state index >= 15 is 0 Å². The molecule has 8 heteroatoms. The van der Waals surface area contributed by atoms with Crippen LogP contribution in [0.2, 0.25) is 5.02 Å². The van der Waals surface area contributed by atoms with Gasteiger partial charge in [0, 0.05) is 61.2 Å². The maximum atomic E-state index is 14.9. The molecule has 244 valence electrons. The van der Waals surface area contributed by atoms with Crippen molar-refractivity contribution in [2.45, 2.75) is 122 Å². The minimum absolute atomic E-state index is 0.0111. The molecule has 3 amide bonds. The Kier molecular flexibility index (Phi) is 10.4. The Morgan fingerprint density at radius 1 is 0.864 bits per heavy atom. The molecule has 0 unspecified atom stereocenters. The van der Waals surface area contributed by atoms with Gasteiger partial charge in [-0.05, 0) is 95.8 Å². The maximum absolute atomic E-state index is 14.9. The quantitative estimate of drug-likeness (QED) is 0.377. The number of carbonyl (C=O) groups is 3. The number of rotatable bonds is 6. The van der Waals surface area contributed by atoms with E-state index < -0.39 is 6.04 Å². The van der Waals surface area contributed by atoms with E-state index in [1.54, 1.807) is 0 Å². The van der Waals surface area contributed by atoms with E-state index in [1.807, 2.05) is 35.8 Å². The molecule has 4 aliphatic rings. The van der Waals surface area contributed by atoms with Crippen molar-refractivity contribution in [3.8, 4) is 0 Å². The molecule has 3 saturated heterocycles. The highest BCUT2D eigenvalue weighted by Gasteiger charge is 2.51. The first-order valence-electron chi connectivity index (χ1n) is 17.3. The van der Waals surface area contributed by atoms with E-state index in [0.717, 1.165) is 70.1 Å². The molecule has 3 aliphatic heterocycles. The van der Waals surface area contributed by atoms with E-state index in [9.17, 15) is 14.4 Å². The van der Waals surface area contributed by atoms with Crippen LogP contribution in [0.1, 0.15) is 104 Å². The third-order valence-electron chi connectivity index (χ3n) is 10.9. The summed E-state index contributed by atoms with van der Waals surface area (Å²) in [5.41, 5.74) is 1.02. The minimum Gasteiger partial charge on any atom is -0.341 e. The molecule has 0 spiro atoms. The zero-order chi connectivity index (χ0) is 31.8. The lowest BCUT2D eigenvalue weighted by Crippen LogP contribution is -2.52. The smallest absolute Gasteiger partial charge is 0.245 e. The Hall–Kier alpha value is -2.12. The van der Waals surface area contributed by atoms with Gasteiger partial charge in [-0.25, -0.2) is 0 Å². The number of benzene rings is 1. The van der Waals surface area contributed by atoms with Crippen molar-refractivity contribution in [1.29, 1.82) is 0 Å². The zero-order valence-electron chi connectivity index (χ0n) is 27.9. The fraction of sp³-hybridized carbons (Fsp3) is 0.750. The molecule has 1 saturated carbocycles. The van der Waals surface area contributed by atoms with Gasteiger partial charge in [-0.3, -0.25) is 19.3 Å². The average Bonchev–Trinajstić information content (AvgIpc) is 3.64. The normalized spacial score (nSPS) is 30.2. The van der Waals surface area contributed by atoms with Gasteiger partial charge in [0.05, 0.1) is 12.0 Å². The summed E-state index contributed by atoms with van der Waals surface area (Å²) in [5.74, 6) is 0.585. The first-order chi connectivity index (χ1) is 20.8. The molecule has 3 heterocycles. The summed E-state index contributed by atoms with van der Waals surface area (Å²) in [7, 11) is 0. The van der Waals surface area contributed by atoms with Gasteiger partial charge in [-0.1, -0.05) is 44.5 Å². The van der Waals surface area contributed by atoms with Gasteiger partial charge in [0.25, 0.3) is 0 Å². The molecule has 5 rings (SSSR count). The van der Waals surface area contributed by atoms with Gasteiger partial charge in [-0.15, -0.1) is 0 Å². The molecule has 1 aliphatic carbocycles. The van der Waals surface area contributed by atoms with Crippen molar-refractivity contribution in [1.82, 2.24) is 19.6 Å². The predicted molar refractivity (Wildman–Crippen MR) is 176 cm³/mol. The second-order valence-corrected chi connectivity index (χ2v) is 15.9. The maximum Gasteiger partial charge on any atom is 0.245 e. The average molecular weight is 627 g/mol. The predicted octanol–water partition coefficient (Wildman–Crippen LogP) is 6.20. The summed E-state index contributed by atoms with van der Waals surface area (Å²) in [6.07, 6.45) is 7.92. The van der Waals surface area contributed by atoms with Crippen LogP contribution in [0, 0.1) is 17.8 Å². The summed E-state index contributed by atoms with van der Waals surface area (Å²) in [5, 5.41) is 0.684. The third-order valence-corrected chi connectivity index (χ3v) is 11.2. The van der Waals surface area contributed by atoms with E-state index in [4.69, 9.17) is 11.6 Å². The van der Waals surface area contributed by atoms with E-state index in [0.29, 0.717) is 30.5 Å². The molecule has 0 radical (unpaired) electrons. The lowest BCUT2D eigenvalue weighted by Gasteiger charge is -2.41. The summed E-state index contributed by atoms with van der Waals surface area (Å²) in [4.78, 5) is 51.4. The van der Waals surface area contributed by atoms with Crippen LogP contribution in [-0.4, -0.2) is 93.7 Å². The van der Waals surface area contributed by atoms with Gasteiger partial charge in [-0.2, -0.15) is 0 Å². The van der Waals surface area contributed by atoms with Gasteiger partial charge in [0.15, 0.2) is 0 Å². The van der Waals surface area contributed by atoms with Crippen LogP contribution in [0.4, 0.5) is 0 Å². The molecule has 4 atom stereocenters. The Labute approximate surface area is 270 Å². The standard InChI is InChI=1S/C36H55ClN4O3/c1-24(2)33(42)41(28-16-10-25(3)11-17-28)29-20-32(35(44)38-18-8-7-9-19-38)40(21-29)34(43)31-23-39(36(4,5)6)22-30(31)26-12-14-27(37)15-13-26/h12-15,24-25,28-32H,7-11,16-23H2,1-6H3/t25?,28?,29-,30-,31+,32-/m0/s1. The molecule has 1 aromatic carbocycles. The SMILES string of the molecule is CC1CCC(N(C(=O)C(C)C)[C@H]2C[C@@H](C(=O)N3CCCCC3)N(C(=O)[C@@H]3CN(C(C)(C)C)C[C@H]3c3ccc(Cl)cc3)C2)CC1. The highest BCUT2D eigenvalue weighted by atomic mass is 35.5. The van der Waals surface area contributed by atoms with Gasteiger partial charge in [0.2, 0.25) is 17.7 Å². The summed E-state index contributed by atoms with van der Waals surface area (Å²) < 4.78 is 0. The van der Waals surface area contributed by atoms with Crippen LogP contribution >= 0.6 is 11.6 Å². The van der Waals surface area contributed by atoms with Crippen molar-refractivity contribution in [2.24, 2.45) is 17.8 Å². The molecular formula is C36H55ClN4O3. The van der Waals surface area contributed by atoms with Crippen molar-refractivity contribution in [3.05, 3.63) is 34.9 Å². The molecule has 0 aromatic heterocycles. The van der Waals surface area contributed by atoms with Crippen molar-refractivity contribution >= 4 is 29.3 Å². The molecular weight excluding hydrogens is 572 g/mol. The lowest BCUT2D eigenvalue weighted by molar-refractivity contribution is -0.146. The molecule has 44 heavy (non-hydrogen) atoms. The van der Waals surface area contributed by atoms with Crippen molar-refractivity contribution in [3.63, 3.8) is 0 Å². The Morgan fingerprint density at radius 2 is 1.50 bits per heavy atom. The molecule has 4 fully saturated rings. The topological polar surface area (TPSA) is 64.2 Å². The Bertz CT molecular complexity index is 1170. The number of piperidine rings is 1. The molecule has 0 bridgehead atoms. The second kappa shape index (κ2) is 13.7. The highest BCUT2D eigenvalue weighted by molar-refractivity contribution is 6.30. The van der Waals surface area contributed by atoms with Crippen LogP contribution in [-0.2, 0) is 14.4 Å². The van der Waals surface area contributed by atoms with Crippen LogP contribution < -0.4 is 0 Å². The number of hydrogen-bond acceptors (Lipinski definition) is 4. The number of nitrogens with zero attached hydrogens (tertiary/aromatic N) is 4. The number of halogens is 1. The summed E-state index contributed by atoms with van der Waals surface area (Å²) >= 11 is 6.26. The first kappa shape index (κ1) is 33.2. The van der Waals surface area contributed by atoms with E-state index in [1.165, 1.54) is 0 Å². The molecule has 1 aromatic rings. The summed E-state index contributed by atoms with van der Waals surface area (Å²) in [6, 6.07) is 7.44. The van der Waals surface area contributed by atoms with Crippen LogP contribution in [0.25, 0.3) is 0 Å². The monoisotopic (exact) mass is 626 g/mol. The number of hydrogen-bond donors (Lipinski definition) is 0. The minimum atomic E-state index is -0.523. The highest BCUT2D eigenvalue weighted by Crippen LogP contribution is 2.40. The van der Waals surface area contributed by atoms with E-state index in [-0.39, 0.29) is 53.1 Å². The van der Waals surface area contributed by atoms with Crippen LogP contribution in [0.3, 0.4) is 0 Å². The first-order valence-corrected chi connectivity index (χ1v) is 17.6. The largest absolute Gasteiger partial charge is 0.341 e. The van der Waals surface area contributed by atoms with Crippen molar-refractivity contribution < 1.29 is 14.4 Å². The molecule has 7 nitrogen and oxygen atoms in total. The Balaban J connectivity index is 1.48. The fourth-order valence-corrected chi connectivity index (χ4v) is 8.28. The van der Waals surface area contributed by atoms with Crippen molar-refractivity contribution in [2.75, 3.05) is 32.7 Å². The van der Waals surface area contributed by atoms with Crippen LogP contribution in [0.5, 0.6) is 0 Å². The third kappa shape index (κ3) is 7.14. The zero-order valence-corrected chi connectivity index (χ0v) is 28.7. The van der Waals surface area contributed by atoms with Gasteiger partial charge >= 0.3 is 0 Å².